The van der Waals surface area contributed by atoms with Crippen molar-refractivity contribution in [1.82, 2.24) is 0 Å². The zero-order chi connectivity index (χ0) is 14.1. The summed E-state index contributed by atoms with van der Waals surface area (Å²) in [5, 5.41) is 4.23. The third-order valence-electron chi connectivity index (χ3n) is 3.75. The van der Waals surface area contributed by atoms with Gasteiger partial charge in [0, 0.05) is 21.2 Å². The van der Waals surface area contributed by atoms with Gasteiger partial charge in [0.1, 0.15) is 5.82 Å². The largest absolute Gasteiger partial charge is 0.381 e. The molecule has 0 unspecified atom stereocenters. The van der Waals surface area contributed by atoms with E-state index in [0.717, 1.165) is 28.0 Å². The maximum Gasteiger partial charge on any atom is 0.124 e. The fraction of sp³-hybridized carbons (Fsp3) is 0.250. The van der Waals surface area contributed by atoms with E-state index in [-0.39, 0.29) is 5.82 Å². The van der Waals surface area contributed by atoms with Crippen LogP contribution < -0.4 is 5.32 Å². The van der Waals surface area contributed by atoms with Crippen LogP contribution in [-0.4, -0.2) is 6.04 Å². The summed E-state index contributed by atoms with van der Waals surface area (Å²) in [4.78, 5) is 0. The van der Waals surface area contributed by atoms with Gasteiger partial charge < -0.3 is 5.32 Å². The van der Waals surface area contributed by atoms with E-state index in [1.165, 1.54) is 17.7 Å². The van der Waals surface area contributed by atoms with Gasteiger partial charge in [0.25, 0.3) is 0 Å². The molecule has 0 saturated heterocycles. The van der Waals surface area contributed by atoms with Gasteiger partial charge in [0.05, 0.1) is 0 Å². The van der Waals surface area contributed by atoms with E-state index in [0.29, 0.717) is 12.0 Å². The fourth-order valence-electron chi connectivity index (χ4n) is 2.59. The SMILES string of the molecule is Fc1ccc(NC2CC(c3cccc(Cl)c3)C2)c(Br)c1. The summed E-state index contributed by atoms with van der Waals surface area (Å²) in [6.07, 6.45) is 2.15. The van der Waals surface area contributed by atoms with Gasteiger partial charge >= 0.3 is 0 Å². The second-order valence-corrected chi connectivity index (χ2v) is 6.48. The average Bonchev–Trinajstić information content (AvgIpc) is 2.35. The summed E-state index contributed by atoms with van der Waals surface area (Å²) in [6.45, 7) is 0. The molecule has 1 aliphatic carbocycles. The number of nitrogens with one attached hydrogen (secondary N) is 1. The van der Waals surface area contributed by atoms with Crippen LogP contribution in [0.15, 0.2) is 46.9 Å². The molecule has 2 aromatic rings. The Balaban J connectivity index is 1.61. The van der Waals surface area contributed by atoms with Crippen LogP contribution in [0.5, 0.6) is 0 Å². The molecule has 0 atom stereocenters. The molecule has 0 amide bonds. The predicted octanol–water partition coefficient (Wildman–Crippen LogP) is 5.60. The minimum atomic E-state index is -0.229. The first-order chi connectivity index (χ1) is 9.61. The first-order valence-electron chi connectivity index (χ1n) is 6.59. The van der Waals surface area contributed by atoms with E-state index >= 15 is 0 Å². The first kappa shape index (κ1) is 13.9. The van der Waals surface area contributed by atoms with E-state index in [1.54, 1.807) is 6.07 Å². The van der Waals surface area contributed by atoms with Gasteiger partial charge in [-0.2, -0.15) is 0 Å². The highest BCUT2D eigenvalue weighted by Gasteiger charge is 2.30. The van der Waals surface area contributed by atoms with E-state index in [4.69, 9.17) is 11.6 Å². The summed E-state index contributed by atoms with van der Waals surface area (Å²) in [6, 6.07) is 13.2. The van der Waals surface area contributed by atoms with Crippen LogP contribution in [0.2, 0.25) is 5.02 Å². The molecule has 1 saturated carbocycles. The van der Waals surface area contributed by atoms with Crippen LogP contribution in [0.3, 0.4) is 0 Å². The Morgan fingerprint density at radius 1 is 1.15 bits per heavy atom. The van der Waals surface area contributed by atoms with E-state index in [9.17, 15) is 4.39 Å². The van der Waals surface area contributed by atoms with Crippen molar-refractivity contribution in [3.05, 3.63) is 63.3 Å². The minimum absolute atomic E-state index is 0.229. The lowest BCUT2D eigenvalue weighted by atomic mass is 9.76. The third-order valence-corrected chi connectivity index (χ3v) is 4.64. The molecular weight excluding hydrogens is 341 g/mol. The first-order valence-corrected chi connectivity index (χ1v) is 7.76. The van der Waals surface area contributed by atoms with Crippen molar-refractivity contribution in [2.24, 2.45) is 0 Å². The summed E-state index contributed by atoms with van der Waals surface area (Å²) in [5.74, 6) is 0.332. The van der Waals surface area contributed by atoms with Gasteiger partial charge in [-0.25, -0.2) is 4.39 Å². The smallest absolute Gasteiger partial charge is 0.124 e. The molecular formula is C16H14BrClFN. The molecule has 0 aliphatic heterocycles. The lowest BCUT2D eigenvalue weighted by Gasteiger charge is -2.37. The van der Waals surface area contributed by atoms with Crippen molar-refractivity contribution >= 4 is 33.2 Å². The molecule has 1 fully saturated rings. The molecule has 0 spiro atoms. The molecule has 1 aliphatic rings. The van der Waals surface area contributed by atoms with Crippen molar-refractivity contribution in [3.8, 4) is 0 Å². The van der Waals surface area contributed by atoms with Crippen LogP contribution in [0.4, 0.5) is 10.1 Å². The zero-order valence-corrected chi connectivity index (χ0v) is 13.1. The topological polar surface area (TPSA) is 12.0 Å². The molecule has 0 aromatic heterocycles. The highest BCUT2D eigenvalue weighted by Crippen LogP contribution is 2.40. The average molecular weight is 355 g/mol. The van der Waals surface area contributed by atoms with Gasteiger partial charge in [-0.05, 0) is 70.6 Å². The monoisotopic (exact) mass is 353 g/mol. The Hall–Kier alpha value is -1.06. The molecule has 0 radical (unpaired) electrons. The van der Waals surface area contributed by atoms with E-state index in [2.05, 4.69) is 27.3 Å². The van der Waals surface area contributed by atoms with Crippen molar-refractivity contribution in [1.29, 1.82) is 0 Å². The van der Waals surface area contributed by atoms with Crippen molar-refractivity contribution in [3.63, 3.8) is 0 Å². The van der Waals surface area contributed by atoms with Crippen molar-refractivity contribution in [2.45, 2.75) is 24.8 Å². The predicted molar refractivity (Wildman–Crippen MR) is 84.9 cm³/mol. The van der Waals surface area contributed by atoms with Crippen LogP contribution in [0.25, 0.3) is 0 Å². The Kier molecular flexibility index (Phi) is 3.99. The number of rotatable bonds is 3. The van der Waals surface area contributed by atoms with Crippen LogP contribution in [-0.2, 0) is 0 Å². The van der Waals surface area contributed by atoms with Gasteiger partial charge in [0.2, 0.25) is 0 Å². The molecule has 4 heteroatoms. The van der Waals surface area contributed by atoms with Gasteiger partial charge in [0.15, 0.2) is 0 Å². The van der Waals surface area contributed by atoms with Gasteiger partial charge in [-0.3, -0.25) is 0 Å². The maximum atomic E-state index is 13.0. The highest BCUT2D eigenvalue weighted by molar-refractivity contribution is 9.10. The lowest BCUT2D eigenvalue weighted by molar-refractivity contribution is 0.374. The third kappa shape index (κ3) is 2.99. The second-order valence-electron chi connectivity index (χ2n) is 5.19. The van der Waals surface area contributed by atoms with Gasteiger partial charge in [-0.1, -0.05) is 23.7 Å². The van der Waals surface area contributed by atoms with Crippen LogP contribution in [0.1, 0.15) is 24.3 Å². The molecule has 1 N–H and O–H groups in total. The molecule has 20 heavy (non-hydrogen) atoms. The maximum absolute atomic E-state index is 13.0. The van der Waals surface area contributed by atoms with E-state index < -0.39 is 0 Å². The Morgan fingerprint density at radius 3 is 2.65 bits per heavy atom. The molecule has 3 rings (SSSR count). The number of halogens is 3. The van der Waals surface area contributed by atoms with Crippen LogP contribution in [0, 0.1) is 5.82 Å². The minimum Gasteiger partial charge on any atom is -0.381 e. The molecule has 104 valence electrons. The number of hydrogen-bond donors (Lipinski definition) is 1. The fourth-order valence-corrected chi connectivity index (χ4v) is 3.26. The van der Waals surface area contributed by atoms with Crippen LogP contribution >= 0.6 is 27.5 Å². The zero-order valence-electron chi connectivity index (χ0n) is 10.7. The summed E-state index contributed by atoms with van der Waals surface area (Å²) < 4.78 is 13.8. The molecule has 0 heterocycles. The summed E-state index contributed by atoms with van der Waals surface area (Å²) in [7, 11) is 0. The number of hydrogen-bond acceptors (Lipinski definition) is 1. The quantitative estimate of drug-likeness (QED) is 0.756. The Labute approximate surface area is 131 Å². The Bertz CT molecular complexity index is 626. The summed E-state index contributed by atoms with van der Waals surface area (Å²) >= 11 is 9.39. The normalized spacial score (nSPS) is 21.4. The second kappa shape index (κ2) is 5.74. The number of anilines is 1. The lowest BCUT2D eigenvalue weighted by Crippen LogP contribution is -2.34. The standard InChI is InChI=1S/C16H14BrClFN/c17-15-9-13(19)4-5-16(15)20-14-7-11(8-14)10-2-1-3-12(18)6-10/h1-6,9,11,14,20H,7-8H2. The molecule has 0 bridgehead atoms. The van der Waals surface area contributed by atoms with Crippen molar-refractivity contribution < 1.29 is 4.39 Å². The summed E-state index contributed by atoms with van der Waals surface area (Å²) in [5.41, 5.74) is 2.25. The van der Waals surface area contributed by atoms with E-state index in [1.807, 2.05) is 18.2 Å². The number of benzene rings is 2. The highest BCUT2D eigenvalue weighted by atomic mass is 79.9. The van der Waals surface area contributed by atoms with Crippen molar-refractivity contribution in [2.75, 3.05) is 5.32 Å². The van der Waals surface area contributed by atoms with Gasteiger partial charge in [-0.15, -0.1) is 0 Å². The Morgan fingerprint density at radius 2 is 1.95 bits per heavy atom. The molecule has 2 aromatic carbocycles. The molecule has 1 nitrogen and oxygen atoms in total.